The molecule has 0 aliphatic carbocycles. The number of aromatic nitrogens is 3. The summed E-state index contributed by atoms with van der Waals surface area (Å²) in [6, 6.07) is 8.30. The summed E-state index contributed by atoms with van der Waals surface area (Å²) in [7, 11) is 1.61. The molecule has 1 aromatic carbocycles. The van der Waals surface area contributed by atoms with Gasteiger partial charge < -0.3 is 9.74 Å². The van der Waals surface area contributed by atoms with Crippen molar-refractivity contribution in [1.29, 1.82) is 5.26 Å². The van der Waals surface area contributed by atoms with Gasteiger partial charge in [-0.15, -0.1) is 4.98 Å². The monoisotopic (exact) mass is 509 g/mol. The lowest BCUT2D eigenvalue weighted by atomic mass is 9.96. The summed E-state index contributed by atoms with van der Waals surface area (Å²) >= 11 is 0. The average Bonchev–Trinajstić information content (AvgIpc) is 2.89. The summed E-state index contributed by atoms with van der Waals surface area (Å²) in [4.78, 5) is 29.1. The van der Waals surface area contributed by atoms with Crippen molar-refractivity contribution >= 4 is 22.7 Å². The third-order valence-corrected chi connectivity index (χ3v) is 7.11. The maximum absolute atomic E-state index is 13.3. The van der Waals surface area contributed by atoms with E-state index in [0.717, 1.165) is 12.5 Å². The molecular formula is C26H26F3N7O. The minimum atomic E-state index is -4.59. The molecule has 3 heterocycles. The van der Waals surface area contributed by atoms with Crippen LogP contribution in [0.15, 0.2) is 35.1 Å². The highest BCUT2D eigenvalue weighted by Gasteiger charge is 2.37. The van der Waals surface area contributed by atoms with Gasteiger partial charge in [0.05, 0.1) is 22.7 Å². The number of benzene rings is 1. The van der Waals surface area contributed by atoms with E-state index in [1.165, 1.54) is 16.7 Å². The highest BCUT2D eigenvalue weighted by molar-refractivity contribution is 5.87. The predicted molar refractivity (Wildman–Crippen MR) is 133 cm³/mol. The number of pyridine rings is 1. The Morgan fingerprint density at radius 3 is 2.59 bits per heavy atom. The molecule has 1 aliphatic rings. The molecule has 4 rings (SSSR count). The summed E-state index contributed by atoms with van der Waals surface area (Å²) < 4.78 is 41.3. The first-order valence-corrected chi connectivity index (χ1v) is 11.9. The summed E-state index contributed by atoms with van der Waals surface area (Å²) in [5.74, 6) is 0.625. The maximum Gasteiger partial charge on any atom is 0.417 e. The fourth-order valence-electron chi connectivity index (χ4n) is 5.01. The average molecular weight is 510 g/mol. The van der Waals surface area contributed by atoms with Crippen molar-refractivity contribution < 1.29 is 13.2 Å². The minimum absolute atomic E-state index is 0.0102. The van der Waals surface area contributed by atoms with Gasteiger partial charge in [0.2, 0.25) is 5.52 Å². The van der Waals surface area contributed by atoms with Crippen LogP contribution in [0.2, 0.25) is 0 Å². The van der Waals surface area contributed by atoms with E-state index in [0.29, 0.717) is 35.5 Å². The summed E-state index contributed by atoms with van der Waals surface area (Å²) in [6.07, 6.45) is -3.86. The Balaban J connectivity index is 1.70. The molecule has 3 aromatic rings. The number of alkyl halides is 3. The van der Waals surface area contributed by atoms with Gasteiger partial charge in [0.15, 0.2) is 5.82 Å². The molecule has 1 unspecified atom stereocenters. The van der Waals surface area contributed by atoms with E-state index in [-0.39, 0.29) is 23.9 Å². The van der Waals surface area contributed by atoms with Crippen LogP contribution in [0.4, 0.5) is 24.8 Å². The number of rotatable bonds is 4. The number of fused-ring (bicyclic) bond motifs is 1. The first-order chi connectivity index (χ1) is 17.5. The number of aryl methyl sites for hydroxylation is 1. The van der Waals surface area contributed by atoms with Crippen LogP contribution in [0.3, 0.4) is 0 Å². The smallest absolute Gasteiger partial charge is 0.361 e. The molecule has 0 bridgehead atoms. The lowest BCUT2D eigenvalue weighted by Gasteiger charge is -2.48. The van der Waals surface area contributed by atoms with E-state index in [4.69, 9.17) is 6.57 Å². The number of hydrogen-bond acceptors (Lipinski definition) is 6. The summed E-state index contributed by atoms with van der Waals surface area (Å²) in [5.41, 5.74) is -0.0820. The number of hydrogen-bond donors (Lipinski definition) is 0. The second-order valence-electron chi connectivity index (χ2n) is 9.28. The largest absolute Gasteiger partial charge is 0.417 e. The Bertz CT molecular complexity index is 1480. The maximum atomic E-state index is 13.3. The van der Waals surface area contributed by atoms with Gasteiger partial charge in [0.25, 0.3) is 5.82 Å². The topological polar surface area (TPSA) is 82.4 Å². The normalized spacial score (nSPS) is 19.4. The highest BCUT2D eigenvalue weighted by Crippen LogP contribution is 2.36. The summed E-state index contributed by atoms with van der Waals surface area (Å²) in [5, 5.41) is 9.34. The van der Waals surface area contributed by atoms with Crippen LogP contribution in [0.25, 0.3) is 15.9 Å². The van der Waals surface area contributed by atoms with Gasteiger partial charge in [-0.3, -0.25) is 9.47 Å². The van der Waals surface area contributed by atoms with Crippen LogP contribution in [0.5, 0.6) is 0 Å². The fraction of sp³-hybridized carbons (Fsp3) is 0.423. The molecular weight excluding hydrogens is 483 g/mol. The Morgan fingerprint density at radius 1 is 1.24 bits per heavy atom. The second-order valence-corrected chi connectivity index (χ2v) is 9.28. The Hall–Kier alpha value is -3.96. The standard InChI is InChI=1S/C26H26F3N7O/c1-6-19-14-35(24-23-21(34(5)25(37)33-24)9-10-22(31-4)32-23)15(2)13-36(19)16(3)17-7-8-20(26(27,28)29)18(11-17)12-30/h7-11,15-16,19H,6,13-14H2,1-3,5H3/t15-,16?,19+/m0/s1. The first-order valence-electron chi connectivity index (χ1n) is 11.9. The predicted octanol–water partition coefficient (Wildman–Crippen LogP) is 4.82. The van der Waals surface area contributed by atoms with Crippen LogP contribution < -0.4 is 10.6 Å². The van der Waals surface area contributed by atoms with Crippen LogP contribution in [0, 0.1) is 17.9 Å². The molecule has 8 nitrogen and oxygen atoms in total. The van der Waals surface area contributed by atoms with E-state index in [9.17, 15) is 23.2 Å². The minimum Gasteiger partial charge on any atom is -0.361 e. The molecule has 37 heavy (non-hydrogen) atoms. The van der Waals surface area contributed by atoms with Gasteiger partial charge in [-0.05, 0) is 50.1 Å². The van der Waals surface area contributed by atoms with E-state index in [1.807, 2.05) is 25.7 Å². The van der Waals surface area contributed by atoms with Crippen molar-refractivity contribution in [2.24, 2.45) is 7.05 Å². The third-order valence-electron chi connectivity index (χ3n) is 7.11. The van der Waals surface area contributed by atoms with Gasteiger partial charge >= 0.3 is 11.9 Å². The molecule has 11 heteroatoms. The van der Waals surface area contributed by atoms with E-state index in [1.54, 1.807) is 25.2 Å². The van der Waals surface area contributed by atoms with Crippen molar-refractivity contribution in [3.05, 3.63) is 68.9 Å². The number of piperazine rings is 1. The number of nitriles is 1. The molecule has 0 saturated carbocycles. The van der Waals surface area contributed by atoms with E-state index >= 15 is 0 Å². The molecule has 0 radical (unpaired) electrons. The fourth-order valence-corrected chi connectivity index (χ4v) is 5.01. The molecule has 2 aromatic heterocycles. The molecule has 1 saturated heterocycles. The molecule has 1 aliphatic heterocycles. The quantitative estimate of drug-likeness (QED) is 0.469. The second kappa shape index (κ2) is 9.83. The zero-order chi connectivity index (χ0) is 27.1. The Labute approximate surface area is 212 Å². The molecule has 0 spiro atoms. The zero-order valence-corrected chi connectivity index (χ0v) is 20.9. The Morgan fingerprint density at radius 2 is 1.97 bits per heavy atom. The molecule has 192 valence electrons. The van der Waals surface area contributed by atoms with Gasteiger partial charge in [0, 0.05) is 38.3 Å². The van der Waals surface area contributed by atoms with Crippen molar-refractivity contribution in [3.63, 3.8) is 0 Å². The van der Waals surface area contributed by atoms with Gasteiger partial charge in [-0.1, -0.05) is 19.6 Å². The lowest BCUT2D eigenvalue weighted by molar-refractivity contribution is -0.137. The number of halogens is 3. The highest BCUT2D eigenvalue weighted by atomic mass is 19.4. The number of nitrogens with zero attached hydrogens (tertiary/aromatic N) is 7. The van der Waals surface area contributed by atoms with Crippen LogP contribution in [0.1, 0.15) is 49.9 Å². The SMILES string of the molecule is [C-]#[N+]c1ccc2c(n1)c(N1C[C@@H](CC)N(C(C)c3ccc(C(F)(F)F)c(C#N)c3)C[C@@H]1C)nc(=O)n2C. The van der Waals surface area contributed by atoms with Gasteiger partial charge in [0.1, 0.15) is 0 Å². The van der Waals surface area contributed by atoms with Crippen molar-refractivity contribution in [3.8, 4) is 6.07 Å². The molecule has 0 N–H and O–H groups in total. The van der Waals surface area contributed by atoms with Gasteiger partial charge in [-0.2, -0.15) is 23.4 Å². The van der Waals surface area contributed by atoms with Crippen LogP contribution >= 0.6 is 0 Å². The van der Waals surface area contributed by atoms with E-state index in [2.05, 4.69) is 19.7 Å². The van der Waals surface area contributed by atoms with Crippen molar-refractivity contribution in [1.82, 2.24) is 19.4 Å². The molecule has 3 atom stereocenters. The third kappa shape index (κ3) is 4.75. The van der Waals surface area contributed by atoms with Crippen LogP contribution in [-0.2, 0) is 13.2 Å². The zero-order valence-electron chi connectivity index (χ0n) is 20.9. The lowest BCUT2D eigenvalue weighted by Crippen LogP contribution is -2.58. The summed E-state index contributed by atoms with van der Waals surface area (Å²) in [6.45, 7) is 14.3. The van der Waals surface area contributed by atoms with Crippen LogP contribution in [-0.4, -0.2) is 44.6 Å². The van der Waals surface area contributed by atoms with Crippen molar-refractivity contribution in [2.45, 2.75) is 51.5 Å². The number of anilines is 1. The molecule has 0 amide bonds. The first kappa shape index (κ1) is 26.1. The van der Waals surface area contributed by atoms with E-state index < -0.39 is 23.0 Å². The Kier molecular flexibility index (Phi) is 6.94. The molecule has 1 fully saturated rings. The van der Waals surface area contributed by atoms with Gasteiger partial charge in [-0.25, -0.2) is 4.79 Å². The van der Waals surface area contributed by atoms with Crippen molar-refractivity contribution in [2.75, 3.05) is 18.0 Å².